The molecule has 7 heteroatoms. The first-order valence-corrected chi connectivity index (χ1v) is 5.46. The quantitative estimate of drug-likeness (QED) is 0.673. The minimum absolute atomic E-state index is 0.00981. The zero-order valence-corrected chi connectivity index (χ0v) is 9.42. The number of carboxylic acid groups (broad SMARTS) is 1. The Kier molecular flexibility index (Phi) is 3.05. The second-order valence-electron chi connectivity index (χ2n) is 4.11. The van der Waals surface area contributed by atoms with Crippen molar-refractivity contribution in [2.75, 3.05) is 6.54 Å². The van der Waals surface area contributed by atoms with Crippen LogP contribution in [0.15, 0.2) is 16.9 Å². The van der Waals surface area contributed by atoms with Crippen molar-refractivity contribution in [3.63, 3.8) is 0 Å². The molecule has 1 amide bonds. The number of carbonyl (C=O) groups excluding carboxylic acids is 1. The number of rotatable bonds is 2. The molecule has 0 spiro atoms. The first-order chi connectivity index (χ1) is 8.49. The number of likely N-dealkylation sites (tertiary alicyclic amines) is 1. The molecular weight excluding hydrogens is 240 g/mol. The van der Waals surface area contributed by atoms with E-state index in [0.717, 1.165) is 12.1 Å². The van der Waals surface area contributed by atoms with Gasteiger partial charge in [0.2, 0.25) is 0 Å². The lowest BCUT2D eigenvalue weighted by Crippen LogP contribution is -2.40. The number of aromatic hydroxyl groups is 1. The summed E-state index contributed by atoms with van der Waals surface area (Å²) in [5, 5.41) is 18.2. The molecule has 3 N–H and O–H groups in total. The van der Waals surface area contributed by atoms with Crippen molar-refractivity contribution in [1.29, 1.82) is 0 Å². The number of amides is 1. The molecule has 7 nitrogen and oxygen atoms in total. The molecule has 1 aromatic heterocycles. The number of aromatic amines is 1. The fourth-order valence-corrected chi connectivity index (χ4v) is 2.08. The molecular formula is C11H12N2O5. The van der Waals surface area contributed by atoms with Gasteiger partial charge in [-0.2, -0.15) is 0 Å². The Morgan fingerprint density at radius 3 is 2.72 bits per heavy atom. The maximum Gasteiger partial charge on any atom is 0.326 e. The summed E-state index contributed by atoms with van der Waals surface area (Å²) in [6, 6.07) is 1.29. The highest BCUT2D eigenvalue weighted by Gasteiger charge is 2.34. The van der Waals surface area contributed by atoms with Crippen LogP contribution >= 0.6 is 0 Å². The van der Waals surface area contributed by atoms with Crippen LogP contribution in [0.3, 0.4) is 0 Å². The zero-order valence-electron chi connectivity index (χ0n) is 9.42. The van der Waals surface area contributed by atoms with Gasteiger partial charge in [0.15, 0.2) is 5.88 Å². The summed E-state index contributed by atoms with van der Waals surface area (Å²) in [4.78, 5) is 37.5. The highest BCUT2D eigenvalue weighted by Crippen LogP contribution is 2.20. The van der Waals surface area contributed by atoms with Crippen molar-refractivity contribution in [2.45, 2.75) is 18.9 Å². The minimum atomic E-state index is -1.06. The molecule has 1 aliphatic rings. The normalized spacial score (nSPS) is 18.9. The van der Waals surface area contributed by atoms with E-state index in [-0.39, 0.29) is 5.56 Å². The average molecular weight is 252 g/mol. The van der Waals surface area contributed by atoms with Gasteiger partial charge in [-0.1, -0.05) is 0 Å². The minimum Gasteiger partial charge on any atom is -0.494 e. The zero-order chi connectivity index (χ0) is 13.3. The first kappa shape index (κ1) is 12.2. The predicted octanol–water partition coefficient (Wildman–Crippen LogP) is -0.230. The molecule has 0 radical (unpaired) electrons. The first-order valence-electron chi connectivity index (χ1n) is 5.46. The van der Waals surface area contributed by atoms with Crippen LogP contribution in [0.5, 0.6) is 5.88 Å². The predicted molar refractivity (Wildman–Crippen MR) is 60.4 cm³/mol. The van der Waals surface area contributed by atoms with Gasteiger partial charge in [-0.15, -0.1) is 0 Å². The van der Waals surface area contributed by atoms with Crippen molar-refractivity contribution in [2.24, 2.45) is 0 Å². The molecule has 0 aliphatic carbocycles. The number of H-pyrrole nitrogens is 1. The van der Waals surface area contributed by atoms with Crippen LogP contribution in [-0.4, -0.2) is 44.6 Å². The van der Waals surface area contributed by atoms with E-state index in [1.165, 1.54) is 4.90 Å². The molecule has 1 aliphatic heterocycles. The topological polar surface area (TPSA) is 111 Å². The molecule has 18 heavy (non-hydrogen) atoms. The van der Waals surface area contributed by atoms with Crippen molar-refractivity contribution in [3.8, 4) is 5.88 Å². The van der Waals surface area contributed by atoms with Gasteiger partial charge < -0.3 is 15.1 Å². The standard InChI is InChI=1S/C11H12N2O5/c14-8-4-6(5-9(15)12-8)10(16)13-3-1-2-7(13)11(17)18/h4-5,7H,1-3H2,(H,17,18)(H2,12,14,15)/t7-/m1/s1. The monoisotopic (exact) mass is 252 g/mol. The number of hydrogen-bond donors (Lipinski definition) is 3. The van der Waals surface area contributed by atoms with E-state index < -0.39 is 29.4 Å². The maximum absolute atomic E-state index is 12.1. The van der Waals surface area contributed by atoms with E-state index in [2.05, 4.69) is 4.98 Å². The van der Waals surface area contributed by atoms with E-state index in [1.54, 1.807) is 0 Å². The van der Waals surface area contributed by atoms with Crippen LogP contribution in [0.2, 0.25) is 0 Å². The van der Waals surface area contributed by atoms with Gasteiger partial charge in [-0.05, 0) is 12.8 Å². The third-order valence-corrected chi connectivity index (χ3v) is 2.88. The number of hydrogen-bond acceptors (Lipinski definition) is 4. The number of carboxylic acids is 1. The molecule has 96 valence electrons. The Morgan fingerprint density at radius 2 is 2.11 bits per heavy atom. The lowest BCUT2D eigenvalue weighted by molar-refractivity contribution is -0.141. The van der Waals surface area contributed by atoms with Gasteiger partial charge in [0.1, 0.15) is 6.04 Å². The molecule has 0 saturated carbocycles. The fourth-order valence-electron chi connectivity index (χ4n) is 2.08. The highest BCUT2D eigenvalue weighted by atomic mass is 16.4. The Labute approximate surface area is 102 Å². The molecule has 1 fully saturated rings. The average Bonchev–Trinajstić information content (AvgIpc) is 2.75. The lowest BCUT2D eigenvalue weighted by atomic mass is 10.2. The Bertz CT molecular complexity index is 551. The van der Waals surface area contributed by atoms with Gasteiger partial charge in [0.25, 0.3) is 11.5 Å². The molecule has 1 saturated heterocycles. The fraction of sp³-hybridized carbons (Fsp3) is 0.364. The summed E-state index contributed by atoms with van der Waals surface area (Å²) in [5.41, 5.74) is -0.617. The van der Waals surface area contributed by atoms with Crippen LogP contribution in [-0.2, 0) is 4.79 Å². The van der Waals surface area contributed by atoms with E-state index >= 15 is 0 Å². The third kappa shape index (κ3) is 2.20. The summed E-state index contributed by atoms with van der Waals surface area (Å²) in [7, 11) is 0. The number of aliphatic carboxylic acids is 1. The maximum atomic E-state index is 12.1. The van der Waals surface area contributed by atoms with E-state index in [0.29, 0.717) is 19.4 Å². The van der Waals surface area contributed by atoms with Crippen LogP contribution in [0.4, 0.5) is 0 Å². The Morgan fingerprint density at radius 1 is 1.39 bits per heavy atom. The highest BCUT2D eigenvalue weighted by molar-refractivity contribution is 5.97. The van der Waals surface area contributed by atoms with Gasteiger partial charge in [0.05, 0.1) is 5.56 Å². The molecule has 2 heterocycles. The second kappa shape index (κ2) is 4.52. The van der Waals surface area contributed by atoms with Gasteiger partial charge >= 0.3 is 5.97 Å². The number of nitrogens with zero attached hydrogens (tertiary/aromatic N) is 1. The van der Waals surface area contributed by atoms with Crippen molar-refractivity contribution in [1.82, 2.24) is 9.88 Å². The Hall–Kier alpha value is -2.31. The number of pyridine rings is 1. The summed E-state index contributed by atoms with van der Waals surface area (Å²) in [5.74, 6) is -2.03. The van der Waals surface area contributed by atoms with E-state index in [4.69, 9.17) is 5.11 Å². The van der Waals surface area contributed by atoms with Crippen molar-refractivity contribution < 1.29 is 19.8 Å². The molecule has 1 atom stereocenters. The summed E-state index contributed by atoms with van der Waals surface area (Å²) < 4.78 is 0. The summed E-state index contributed by atoms with van der Waals surface area (Å²) in [6.45, 7) is 0.337. The smallest absolute Gasteiger partial charge is 0.326 e. The van der Waals surface area contributed by atoms with E-state index in [9.17, 15) is 19.5 Å². The van der Waals surface area contributed by atoms with Crippen molar-refractivity contribution >= 4 is 11.9 Å². The Balaban J connectivity index is 2.30. The molecule has 0 bridgehead atoms. The molecule has 0 aromatic carbocycles. The van der Waals surface area contributed by atoms with Crippen LogP contribution in [0.25, 0.3) is 0 Å². The van der Waals surface area contributed by atoms with E-state index in [1.807, 2.05) is 0 Å². The molecule has 2 rings (SSSR count). The van der Waals surface area contributed by atoms with Gasteiger partial charge in [0, 0.05) is 18.7 Å². The molecule has 0 unspecified atom stereocenters. The number of nitrogens with one attached hydrogen (secondary N) is 1. The third-order valence-electron chi connectivity index (χ3n) is 2.88. The van der Waals surface area contributed by atoms with Crippen LogP contribution in [0, 0.1) is 0 Å². The summed E-state index contributed by atoms with van der Waals surface area (Å²) in [6.07, 6.45) is 1.01. The van der Waals surface area contributed by atoms with Gasteiger partial charge in [-0.3, -0.25) is 14.6 Å². The van der Waals surface area contributed by atoms with Crippen LogP contribution in [0.1, 0.15) is 23.2 Å². The van der Waals surface area contributed by atoms with Crippen LogP contribution < -0.4 is 5.56 Å². The SMILES string of the molecule is O=C(O)[C@H]1CCCN1C(=O)c1cc(O)[nH]c(=O)c1. The summed E-state index contributed by atoms with van der Waals surface area (Å²) >= 11 is 0. The van der Waals surface area contributed by atoms with Gasteiger partial charge in [-0.25, -0.2) is 4.79 Å². The largest absolute Gasteiger partial charge is 0.494 e. The van der Waals surface area contributed by atoms with Crippen molar-refractivity contribution in [3.05, 3.63) is 28.0 Å². The second-order valence-corrected chi connectivity index (χ2v) is 4.11. The number of aromatic nitrogens is 1. The lowest BCUT2D eigenvalue weighted by Gasteiger charge is -2.21. The number of carbonyl (C=O) groups is 2. The molecule has 1 aromatic rings.